The molecule has 1 heterocycles. The Labute approximate surface area is 112 Å². The van der Waals surface area contributed by atoms with Gasteiger partial charge in [0.2, 0.25) is 0 Å². The highest BCUT2D eigenvalue weighted by Crippen LogP contribution is 2.42. The molecule has 17 heavy (non-hydrogen) atoms. The Morgan fingerprint density at radius 1 is 1.35 bits per heavy atom. The lowest BCUT2D eigenvalue weighted by Gasteiger charge is -2.41. The summed E-state index contributed by atoms with van der Waals surface area (Å²) in [6.07, 6.45) is 6.56. The van der Waals surface area contributed by atoms with E-state index in [1.165, 1.54) is 6.42 Å². The van der Waals surface area contributed by atoms with E-state index in [4.69, 9.17) is 0 Å². The standard InChI is InChI=1S/C14H20BrNO/c1-13(2)6-3-7-14(17,10-13)8-12-5-4-11(15)9-16-12/h4-5,9,17H,3,6-8,10H2,1-2H3. The Morgan fingerprint density at radius 3 is 2.71 bits per heavy atom. The molecular weight excluding hydrogens is 278 g/mol. The van der Waals surface area contributed by atoms with Crippen LogP contribution in [0.3, 0.4) is 0 Å². The minimum atomic E-state index is -0.567. The van der Waals surface area contributed by atoms with Crippen LogP contribution in [0.15, 0.2) is 22.8 Å². The number of aromatic nitrogens is 1. The molecule has 2 nitrogen and oxygen atoms in total. The van der Waals surface area contributed by atoms with Crippen LogP contribution in [-0.2, 0) is 6.42 Å². The largest absolute Gasteiger partial charge is 0.389 e. The van der Waals surface area contributed by atoms with Gasteiger partial charge < -0.3 is 5.11 Å². The summed E-state index contributed by atoms with van der Waals surface area (Å²) in [5.41, 5.74) is 0.665. The van der Waals surface area contributed by atoms with Gasteiger partial charge in [0.1, 0.15) is 0 Å². The molecular formula is C14H20BrNO. The molecule has 0 aromatic carbocycles. The van der Waals surface area contributed by atoms with Gasteiger partial charge in [-0.15, -0.1) is 0 Å². The summed E-state index contributed by atoms with van der Waals surface area (Å²) in [4.78, 5) is 4.36. The van der Waals surface area contributed by atoms with Crippen LogP contribution in [0, 0.1) is 5.41 Å². The summed E-state index contributed by atoms with van der Waals surface area (Å²) in [5.74, 6) is 0. The number of halogens is 1. The third-order valence-corrected chi connectivity index (χ3v) is 4.07. The summed E-state index contributed by atoms with van der Waals surface area (Å²) < 4.78 is 0.984. The first-order valence-electron chi connectivity index (χ1n) is 6.22. The van der Waals surface area contributed by atoms with Gasteiger partial charge in [0.25, 0.3) is 0 Å². The maximum Gasteiger partial charge on any atom is 0.0708 e. The van der Waals surface area contributed by atoms with E-state index in [1.54, 1.807) is 6.20 Å². The fourth-order valence-electron chi connectivity index (χ4n) is 2.96. The molecule has 94 valence electrons. The predicted molar refractivity (Wildman–Crippen MR) is 72.8 cm³/mol. The first kappa shape index (κ1) is 13.0. The van der Waals surface area contributed by atoms with Crippen molar-refractivity contribution in [2.45, 2.75) is 51.6 Å². The molecule has 3 heteroatoms. The van der Waals surface area contributed by atoms with Gasteiger partial charge in [0, 0.05) is 22.8 Å². The Balaban J connectivity index is 2.09. The van der Waals surface area contributed by atoms with Crippen LogP contribution in [0.1, 0.15) is 45.2 Å². The summed E-state index contributed by atoms with van der Waals surface area (Å²) in [6.45, 7) is 4.48. The molecule has 1 saturated carbocycles. The Morgan fingerprint density at radius 2 is 2.12 bits per heavy atom. The van der Waals surface area contributed by atoms with Gasteiger partial charge in [-0.1, -0.05) is 20.3 Å². The van der Waals surface area contributed by atoms with Crippen LogP contribution >= 0.6 is 15.9 Å². The van der Waals surface area contributed by atoms with Crippen LogP contribution < -0.4 is 0 Å². The van der Waals surface area contributed by atoms with Crippen molar-refractivity contribution in [2.75, 3.05) is 0 Å². The fraction of sp³-hybridized carbons (Fsp3) is 0.643. The van der Waals surface area contributed by atoms with Crippen molar-refractivity contribution in [3.8, 4) is 0 Å². The minimum absolute atomic E-state index is 0.252. The average Bonchev–Trinajstić information content (AvgIpc) is 2.19. The van der Waals surface area contributed by atoms with Crippen molar-refractivity contribution < 1.29 is 5.11 Å². The second-order valence-electron chi connectivity index (χ2n) is 6.06. The van der Waals surface area contributed by atoms with Crippen molar-refractivity contribution in [2.24, 2.45) is 5.41 Å². The maximum atomic E-state index is 10.7. The SMILES string of the molecule is CC1(C)CCCC(O)(Cc2ccc(Br)cn2)C1. The quantitative estimate of drug-likeness (QED) is 0.902. The van der Waals surface area contributed by atoms with E-state index in [0.29, 0.717) is 6.42 Å². The summed E-state index contributed by atoms with van der Waals surface area (Å²) in [5, 5.41) is 10.7. The summed E-state index contributed by atoms with van der Waals surface area (Å²) in [6, 6.07) is 3.98. The van der Waals surface area contributed by atoms with E-state index < -0.39 is 5.60 Å². The van der Waals surface area contributed by atoms with Gasteiger partial charge in [0.15, 0.2) is 0 Å². The highest BCUT2D eigenvalue weighted by molar-refractivity contribution is 9.10. The molecule has 0 spiro atoms. The van der Waals surface area contributed by atoms with E-state index >= 15 is 0 Å². The van der Waals surface area contributed by atoms with Crippen LogP contribution in [0.25, 0.3) is 0 Å². The van der Waals surface area contributed by atoms with Crippen LogP contribution in [0.4, 0.5) is 0 Å². The van der Waals surface area contributed by atoms with Gasteiger partial charge in [0.05, 0.1) is 5.60 Å². The predicted octanol–water partition coefficient (Wildman–Crippen LogP) is 3.72. The van der Waals surface area contributed by atoms with Gasteiger partial charge >= 0.3 is 0 Å². The molecule has 2 rings (SSSR count). The topological polar surface area (TPSA) is 33.1 Å². The number of nitrogens with zero attached hydrogens (tertiary/aromatic N) is 1. The molecule has 0 bridgehead atoms. The molecule has 1 atom stereocenters. The summed E-state index contributed by atoms with van der Waals surface area (Å²) in [7, 11) is 0. The van der Waals surface area contributed by atoms with E-state index in [1.807, 2.05) is 12.1 Å². The minimum Gasteiger partial charge on any atom is -0.389 e. The molecule has 0 aliphatic heterocycles. The molecule has 1 N–H and O–H groups in total. The van der Waals surface area contributed by atoms with Crippen LogP contribution in [0.2, 0.25) is 0 Å². The first-order valence-corrected chi connectivity index (χ1v) is 7.01. The monoisotopic (exact) mass is 297 g/mol. The van der Waals surface area contributed by atoms with E-state index in [-0.39, 0.29) is 5.41 Å². The second-order valence-corrected chi connectivity index (χ2v) is 6.98. The van der Waals surface area contributed by atoms with Crippen LogP contribution in [-0.4, -0.2) is 15.7 Å². The molecule has 1 fully saturated rings. The average molecular weight is 298 g/mol. The molecule has 0 radical (unpaired) electrons. The van der Waals surface area contributed by atoms with Gasteiger partial charge in [-0.25, -0.2) is 0 Å². The van der Waals surface area contributed by atoms with Crippen molar-refractivity contribution in [3.63, 3.8) is 0 Å². The lowest BCUT2D eigenvalue weighted by molar-refractivity contribution is -0.0388. The van der Waals surface area contributed by atoms with Crippen molar-refractivity contribution in [3.05, 3.63) is 28.5 Å². The Bertz CT molecular complexity index is 388. The molecule has 0 saturated heterocycles. The van der Waals surface area contributed by atoms with Gasteiger partial charge in [-0.3, -0.25) is 4.98 Å². The Hall–Kier alpha value is -0.410. The highest BCUT2D eigenvalue weighted by atomic mass is 79.9. The van der Waals surface area contributed by atoms with E-state index in [0.717, 1.165) is 29.4 Å². The second kappa shape index (κ2) is 4.69. The van der Waals surface area contributed by atoms with Crippen molar-refractivity contribution >= 4 is 15.9 Å². The molecule has 1 aromatic rings. The zero-order valence-corrected chi connectivity index (χ0v) is 12.1. The van der Waals surface area contributed by atoms with Crippen molar-refractivity contribution in [1.82, 2.24) is 4.98 Å². The number of pyridine rings is 1. The third kappa shape index (κ3) is 3.52. The number of rotatable bonds is 2. The normalized spacial score (nSPS) is 28.0. The van der Waals surface area contributed by atoms with Crippen LogP contribution in [0.5, 0.6) is 0 Å². The zero-order valence-electron chi connectivity index (χ0n) is 10.5. The maximum absolute atomic E-state index is 10.7. The lowest BCUT2D eigenvalue weighted by Crippen LogP contribution is -2.40. The Kier molecular flexibility index (Phi) is 3.60. The smallest absolute Gasteiger partial charge is 0.0708 e. The molecule has 0 amide bonds. The van der Waals surface area contributed by atoms with E-state index in [9.17, 15) is 5.11 Å². The number of hydrogen-bond donors (Lipinski definition) is 1. The van der Waals surface area contributed by atoms with Crippen molar-refractivity contribution in [1.29, 1.82) is 0 Å². The fourth-order valence-corrected chi connectivity index (χ4v) is 3.20. The number of hydrogen-bond acceptors (Lipinski definition) is 2. The molecule has 1 aliphatic carbocycles. The van der Waals surface area contributed by atoms with E-state index in [2.05, 4.69) is 34.8 Å². The summed E-state index contributed by atoms with van der Waals surface area (Å²) >= 11 is 3.38. The molecule has 1 aromatic heterocycles. The lowest BCUT2D eigenvalue weighted by atomic mass is 9.68. The van der Waals surface area contributed by atoms with Gasteiger partial charge in [-0.2, -0.15) is 0 Å². The van der Waals surface area contributed by atoms with Gasteiger partial charge in [-0.05, 0) is 52.7 Å². The highest BCUT2D eigenvalue weighted by Gasteiger charge is 2.38. The molecule has 1 unspecified atom stereocenters. The third-order valence-electron chi connectivity index (χ3n) is 3.60. The molecule has 1 aliphatic rings. The first-order chi connectivity index (χ1) is 7.89. The zero-order chi connectivity index (χ0) is 12.5. The number of aliphatic hydroxyl groups is 1.